The molecule has 0 aromatic rings. The molecular formula is C14H26N4O6. The average molecular weight is 346 g/mol. The van der Waals surface area contributed by atoms with E-state index in [1.54, 1.807) is 0 Å². The molecule has 0 spiro atoms. The van der Waals surface area contributed by atoms with Crippen molar-refractivity contribution < 1.29 is 29.4 Å². The summed E-state index contributed by atoms with van der Waals surface area (Å²) >= 11 is 0. The van der Waals surface area contributed by atoms with E-state index in [0.29, 0.717) is 19.3 Å². The molecule has 0 radical (unpaired) electrons. The third kappa shape index (κ3) is 10.2. The summed E-state index contributed by atoms with van der Waals surface area (Å²) in [4.78, 5) is 44.7. The fourth-order valence-corrected chi connectivity index (χ4v) is 2.08. The van der Waals surface area contributed by atoms with Crippen molar-refractivity contribution in [2.45, 2.75) is 51.6 Å². The molecule has 2 atom stereocenters. The Morgan fingerprint density at radius 1 is 0.958 bits per heavy atom. The molecule has 0 aromatic carbocycles. The Bertz CT molecular complexity index is 455. The smallest absolute Gasteiger partial charge is 0.405 e. The Morgan fingerprint density at radius 2 is 1.58 bits per heavy atom. The van der Waals surface area contributed by atoms with Crippen LogP contribution in [0.5, 0.6) is 0 Å². The molecule has 0 bridgehead atoms. The summed E-state index contributed by atoms with van der Waals surface area (Å²) in [5.41, 5.74) is 5.25. The van der Waals surface area contributed by atoms with Crippen molar-refractivity contribution >= 4 is 24.0 Å². The summed E-state index contributed by atoms with van der Waals surface area (Å²) in [6, 6.07) is -1.91. The van der Waals surface area contributed by atoms with E-state index in [1.165, 1.54) is 0 Å². The van der Waals surface area contributed by atoms with E-state index in [-0.39, 0.29) is 18.9 Å². The van der Waals surface area contributed by atoms with Crippen LogP contribution < -0.4 is 21.7 Å². The SMILES string of the molecule is CC(C)CC(NC(=O)C(CCCCNC(=O)O)NC(=O)O)C(N)=O. The van der Waals surface area contributed by atoms with Gasteiger partial charge in [-0.05, 0) is 31.6 Å². The summed E-state index contributed by atoms with van der Waals surface area (Å²) in [7, 11) is 0. The van der Waals surface area contributed by atoms with Gasteiger partial charge in [-0.2, -0.15) is 0 Å². The van der Waals surface area contributed by atoms with Gasteiger partial charge in [0.15, 0.2) is 0 Å². The third-order valence-electron chi connectivity index (χ3n) is 3.18. The Labute approximate surface area is 140 Å². The van der Waals surface area contributed by atoms with Crippen molar-refractivity contribution in [1.29, 1.82) is 0 Å². The fraction of sp³-hybridized carbons (Fsp3) is 0.714. The van der Waals surface area contributed by atoms with Gasteiger partial charge >= 0.3 is 12.2 Å². The van der Waals surface area contributed by atoms with Crippen LogP contribution >= 0.6 is 0 Å². The van der Waals surface area contributed by atoms with E-state index in [9.17, 15) is 19.2 Å². The lowest BCUT2D eigenvalue weighted by Gasteiger charge is -2.22. The van der Waals surface area contributed by atoms with E-state index in [1.807, 2.05) is 13.8 Å². The zero-order chi connectivity index (χ0) is 18.7. The molecule has 0 saturated carbocycles. The Morgan fingerprint density at radius 3 is 2.04 bits per heavy atom. The largest absolute Gasteiger partial charge is 0.465 e. The zero-order valence-corrected chi connectivity index (χ0v) is 13.9. The fourth-order valence-electron chi connectivity index (χ4n) is 2.08. The van der Waals surface area contributed by atoms with Crippen LogP contribution in [0.1, 0.15) is 39.5 Å². The molecule has 0 saturated heterocycles. The first-order valence-electron chi connectivity index (χ1n) is 7.69. The van der Waals surface area contributed by atoms with Crippen LogP contribution in [0.4, 0.5) is 9.59 Å². The topological polar surface area (TPSA) is 171 Å². The first kappa shape index (κ1) is 21.5. The van der Waals surface area contributed by atoms with Crippen molar-refractivity contribution in [2.75, 3.05) is 6.54 Å². The highest BCUT2D eigenvalue weighted by Crippen LogP contribution is 2.07. The molecule has 4 amide bonds. The number of primary amides is 1. The first-order valence-corrected chi connectivity index (χ1v) is 7.69. The molecule has 0 aromatic heterocycles. The van der Waals surface area contributed by atoms with Crippen molar-refractivity contribution in [2.24, 2.45) is 11.7 Å². The van der Waals surface area contributed by atoms with Gasteiger partial charge in [-0.3, -0.25) is 9.59 Å². The van der Waals surface area contributed by atoms with Crippen LogP contribution in [0.3, 0.4) is 0 Å². The minimum absolute atomic E-state index is 0.121. The number of carbonyl (C=O) groups is 4. The van der Waals surface area contributed by atoms with Gasteiger partial charge in [0, 0.05) is 6.54 Å². The van der Waals surface area contributed by atoms with Gasteiger partial charge in [0.05, 0.1) is 0 Å². The zero-order valence-electron chi connectivity index (χ0n) is 13.9. The monoisotopic (exact) mass is 346 g/mol. The van der Waals surface area contributed by atoms with Crippen LogP contribution in [0.15, 0.2) is 0 Å². The summed E-state index contributed by atoms with van der Waals surface area (Å²) in [6.45, 7) is 3.93. The summed E-state index contributed by atoms with van der Waals surface area (Å²) in [5, 5.41) is 24.0. The second-order valence-electron chi connectivity index (χ2n) is 5.82. The van der Waals surface area contributed by atoms with Crippen LogP contribution in [0, 0.1) is 5.92 Å². The molecule has 0 aliphatic carbocycles. The highest BCUT2D eigenvalue weighted by atomic mass is 16.4. The molecule has 0 heterocycles. The Kier molecular flexibility index (Phi) is 9.92. The summed E-state index contributed by atoms with van der Waals surface area (Å²) in [5.74, 6) is -1.19. The molecule has 10 heteroatoms. The quantitative estimate of drug-likeness (QED) is 0.289. The number of carboxylic acid groups (broad SMARTS) is 2. The van der Waals surface area contributed by atoms with Crippen LogP contribution in [-0.2, 0) is 9.59 Å². The average Bonchev–Trinajstić information content (AvgIpc) is 2.43. The molecule has 2 unspecified atom stereocenters. The van der Waals surface area contributed by atoms with E-state index in [2.05, 4.69) is 16.0 Å². The minimum atomic E-state index is -1.36. The number of nitrogens with two attached hydrogens (primary N) is 1. The maximum Gasteiger partial charge on any atom is 0.405 e. The third-order valence-corrected chi connectivity index (χ3v) is 3.18. The predicted molar refractivity (Wildman–Crippen MR) is 85.4 cm³/mol. The summed E-state index contributed by atoms with van der Waals surface area (Å²) in [6.07, 6.45) is -1.12. The van der Waals surface area contributed by atoms with Gasteiger partial charge in [0.1, 0.15) is 12.1 Å². The molecule has 0 aliphatic heterocycles. The van der Waals surface area contributed by atoms with Crippen molar-refractivity contribution in [1.82, 2.24) is 16.0 Å². The van der Waals surface area contributed by atoms with Gasteiger partial charge in [0.2, 0.25) is 11.8 Å². The number of hydrogen-bond donors (Lipinski definition) is 6. The second-order valence-corrected chi connectivity index (χ2v) is 5.82. The van der Waals surface area contributed by atoms with Gasteiger partial charge in [-0.15, -0.1) is 0 Å². The molecule has 0 fully saturated rings. The van der Waals surface area contributed by atoms with Crippen LogP contribution in [0.2, 0.25) is 0 Å². The molecule has 10 nitrogen and oxygen atoms in total. The van der Waals surface area contributed by atoms with Crippen LogP contribution in [-0.4, -0.2) is 52.8 Å². The van der Waals surface area contributed by atoms with E-state index in [4.69, 9.17) is 15.9 Å². The lowest BCUT2D eigenvalue weighted by molar-refractivity contribution is -0.129. The maximum atomic E-state index is 12.2. The van der Waals surface area contributed by atoms with Crippen LogP contribution in [0.25, 0.3) is 0 Å². The molecule has 7 N–H and O–H groups in total. The number of unbranched alkanes of at least 4 members (excludes halogenated alkanes) is 1. The van der Waals surface area contributed by atoms with Crippen molar-refractivity contribution in [3.63, 3.8) is 0 Å². The molecule has 0 aliphatic rings. The molecular weight excluding hydrogens is 320 g/mol. The molecule has 0 rings (SSSR count). The van der Waals surface area contributed by atoms with Gasteiger partial charge in [0.25, 0.3) is 0 Å². The summed E-state index contributed by atoms with van der Waals surface area (Å²) < 4.78 is 0. The lowest BCUT2D eigenvalue weighted by Crippen LogP contribution is -2.53. The van der Waals surface area contributed by atoms with Gasteiger partial charge in [-0.25, -0.2) is 9.59 Å². The second kappa shape index (κ2) is 11.1. The van der Waals surface area contributed by atoms with Gasteiger partial charge in [-0.1, -0.05) is 13.8 Å². The first-order chi connectivity index (χ1) is 11.1. The standard InChI is InChI=1S/C14H26N4O6/c1-8(2)7-10(11(15)19)17-12(20)9(18-14(23)24)5-3-4-6-16-13(21)22/h8-10,16,18H,3-7H2,1-2H3,(H2,15,19)(H,17,20)(H,21,22)(H,23,24). The number of nitrogens with one attached hydrogen (secondary N) is 3. The van der Waals surface area contributed by atoms with Crippen molar-refractivity contribution in [3.8, 4) is 0 Å². The van der Waals surface area contributed by atoms with Crippen molar-refractivity contribution in [3.05, 3.63) is 0 Å². The highest BCUT2D eigenvalue weighted by molar-refractivity contribution is 5.90. The highest BCUT2D eigenvalue weighted by Gasteiger charge is 2.25. The lowest BCUT2D eigenvalue weighted by atomic mass is 10.0. The number of rotatable bonds is 11. The van der Waals surface area contributed by atoms with E-state index >= 15 is 0 Å². The Hall–Kier alpha value is -2.52. The van der Waals surface area contributed by atoms with E-state index in [0.717, 1.165) is 0 Å². The number of amides is 4. The predicted octanol–water partition coefficient (Wildman–Crippen LogP) is 0.0767. The normalized spacial score (nSPS) is 13.0. The van der Waals surface area contributed by atoms with Gasteiger partial charge < -0.3 is 31.9 Å². The van der Waals surface area contributed by atoms with E-state index < -0.39 is 36.1 Å². The Balaban J connectivity index is 4.59. The number of hydrogen-bond acceptors (Lipinski definition) is 4. The minimum Gasteiger partial charge on any atom is -0.465 e. The molecule has 24 heavy (non-hydrogen) atoms. The maximum absolute atomic E-state index is 12.2. The number of carbonyl (C=O) groups excluding carboxylic acids is 2. The molecule has 138 valence electrons.